The van der Waals surface area contributed by atoms with E-state index in [4.69, 9.17) is 0 Å². The van der Waals surface area contributed by atoms with Gasteiger partial charge in [0.05, 0.1) is 28.2 Å². The van der Waals surface area contributed by atoms with Gasteiger partial charge in [0.1, 0.15) is 0 Å². The molecule has 6 rings (SSSR count). The van der Waals surface area contributed by atoms with Crippen molar-refractivity contribution in [1.82, 2.24) is 0 Å². The molecule has 0 amide bonds. The number of hydrogen-bond acceptors (Lipinski definition) is 6. The molecule has 0 aromatic carbocycles. The highest BCUT2D eigenvalue weighted by atomic mass is 32.1. The van der Waals surface area contributed by atoms with E-state index >= 15 is 0 Å². The Hall–Kier alpha value is -1.02. The molecule has 0 nitrogen and oxygen atoms in total. The van der Waals surface area contributed by atoms with Gasteiger partial charge in [-0.05, 0) is 59.7 Å². The molecular weight excluding hydrogens is 817 g/mol. The molecule has 0 atom stereocenters. The molecule has 0 fully saturated rings. The van der Waals surface area contributed by atoms with Crippen molar-refractivity contribution in [2.75, 3.05) is 0 Å². The van der Waals surface area contributed by atoms with Crippen LogP contribution in [0.2, 0.25) is 0 Å². The summed E-state index contributed by atoms with van der Waals surface area (Å²) in [5.74, 6) is 0. The van der Waals surface area contributed by atoms with Gasteiger partial charge in [0.2, 0.25) is 0 Å². The van der Waals surface area contributed by atoms with Crippen LogP contribution in [0.3, 0.4) is 0 Å². The van der Waals surface area contributed by atoms with Crippen molar-refractivity contribution in [3.05, 3.63) is 46.2 Å². The van der Waals surface area contributed by atoms with Crippen LogP contribution < -0.4 is 0 Å². The third-order valence-electron chi connectivity index (χ3n) is 12.5. The summed E-state index contributed by atoms with van der Waals surface area (Å²) in [7, 11) is 0. The summed E-state index contributed by atoms with van der Waals surface area (Å²) in [6.07, 6.45) is 45.3. The maximum absolute atomic E-state index is 2.36. The van der Waals surface area contributed by atoms with Crippen molar-refractivity contribution in [2.24, 2.45) is 0 Å². The fourth-order valence-corrected chi connectivity index (χ4v) is 17.0. The van der Waals surface area contributed by atoms with Crippen LogP contribution in [0.1, 0.15) is 218 Å². The largest absolute Gasteiger partial charge is 0.143 e. The van der Waals surface area contributed by atoms with Crippen LogP contribution >= 0.6 is 68.0 Å². The molecule has 0 aliphatic carbocycles. The van der Waals surface area contributed by atoms with Gasteiger partial charge in [0, 0.05) is 19.5 Å². The van der Waals surface area contributed by atoms with Gasteiger partial charge in [0.15, 0.2) is 0 Å². The van der Waals surface area contributed by atoms with E-state index in [1.165, 1.54) is 215 Å². The predicted molar refractivity (Wildman–Crippen MR) is 274 cm³/mol. The van der Waals surface area contributed by atoms with Gasteiger partial charge in [-0.25, -0.2) is 0 Å². The number of unbranched alkanes of at least 4 members (excludes halogenated alkanes) is 28. The van der Waals surface area contributed by atoms with Crippen molar-refractivity contribution in [3.63, 3.8) is 0 Å². The first-order chi connectivity index (χ1) is 28.8. The lowest BCUT2D eigenvalue weighted by atomic mass is 10.0. The van der Waals surface area contributed by atoms with Crippen LogP contribution in [0.5, 0.6) is 0 Å². The van der Waals surface area contributed by atoms with Gasteiger partial charge in [-0.3, -0.25) is 0 Å². The molecule has 0 N–H and O–H groups in total. The molecule has 0 aliphatic rings. The van der Waals surface area contributed by atoms with E-state index in [1.807, 2.05) is 22.7 Å². The molecule has 0 saturated heterocycles. The molecule has 0 aliphatic heterocycles. The van der Waals surface area contributed by atoms with E-state index in [-0.39, 0.29) is 0 Å². The predicted octanol–water partition coefficient (Wildman–Crippen LogP) is 21.7. The average Bonchev–Trinajstić information content (AvgIpc) is 4.09. The number of thiophene rings is 6. The van der Waals surface area contributed by atoms with Crippen LogP contribution in [0, 0.1) is 0 Å². The van der Waals surface area contributed by atoms with E-state index in [1.54, 1.807) is 49.1 Å². The molecule has 6 aromatic heterocycles. The lowest BCUT2D eigenvalue weighted by Crippen LogP contribution is -1.87. The quantitative estimate of drug-likeness (QED) is 0.0354. The summed E-state index contributed by atoms with van der Waals surface area (Å²) in [4.78, 5) is 6.09. The van der Waals surface area contributed by atoms with Crippen LogP contribution in [-0.4, -0.2) is 0 Å². The van der Waals surface area contributed by atoms with Gasteiger partial charge in [-0.2, -0.15) is 0 Å². The van der Waals surface area contributed by atoms with Gasteiger partial charge in [-0.1, -0.05) is 206 Å². The Balaban J connectivity index is 0.994. The maximum Gasteiger partial charge on any atom is 0.0651 e. The summed E-state index contributed by atoms with van der Waals surface area (Å²) in [5.41, 5.74) is 3.32. The fraction of sp³-hybridized carbons (Fsp3) is 0.654. The molecule has 6 heteroatoms. The average molecular weight is 894 g/mol. The minimum absolute atomic E-state index is 1.23. The summed E-state index contributed by atoms with van der Waals surface area (Å²) >= 11 is 12.4. The summed E-state index contributed by atoms with van der Waals surface area (Å²) in [6.45, 7) is 4.63. The number of aryl methyl sites for hydroxylation is 2. The third kappa shape index (κ3) is 14.0. The number of fused-ring (bicyclic) bond motifs is 5. The summed E-state index contributed by atoms with van der Waals surface area (Å²) in [5, 5.41) is 4.54. The highest BCUT2D eigenvalue weighted by molar-refractivity contribution is 7.46. The first kappa shape index (κ1) is 46.5. The first-order valence-electron chi connectivity index (χ1n) is 24.3. The lowest BCUT2D eigenvalue weighted by molar-refractivity contribution is 0.532. The Morgan fingerprint density at radius 1 is 0.310 bits per heavy atom. The second kappa shape index (κ2) is 27.1. The molecule has 58 heavy (non-hydrogen) atoms. The molecule has 0 unspecified atom stereocenters. The monoisotopic (exact) mass is 892 g/mol. The van der Waals surface area contributed by atoms with E-state index in [0.717, 1.165) is 0 Å². The number of rotatable bonds is 34. The zero-order valence-corrected chi connectivity index (χ0v) is 41.4. The Kier molecular flexibility index (Phi) is 21.7. The second-order valence-electron chi connectivity index (χ2n) is 17.4. The van der Waals surface area contributed by atoms with Crippen LogP contribution in [0.25, 0.3) is 47.7 Å². The Morgan fingerprint density at radius 3 is 0.862 bits per heavy atom. The molecule has 6 aromatic rings. The Bertz CT molecular complexity index is 1780. The minimum Gasteiger partial charge on any atom is -0.143 e. The first-order valence-corrected chi connectivity index (χ1v) is 29.3. The van der Waals surface area contributed by atoms with E-state index in [9.17, 15) is 0 Å². The van der Waals surface area contributed by atoms with Gasteiger partial charge >= 0.3 is 0 Å². The zero-order valence-electron chi connectivity index (χ0n) is 36.5. The SMILES string of the molecule is CCCCCCCCCCCCCCCCCc1c(-c2cccs2)sc2c1sc1c3sc(-c4cccs4)c(CCCCCCCCCCCCCCCCC)c3sc21. The van der Waals surface area contributed by atoms with Gasteiger partial charge < -0.3 is 0 Å². The van der Waals surface area contributed by atoms with E-state index in [0.29, 0.717) is 0 Å². The maximum atomic E-state index is 2.36. The molecule has 0 bridgehead atoms. The smallest absolute Gasteiger partial charge is 0.0651 e. The molecule has 0 spiro atoms. The van der Waals surface area contributed by atoms with Crippen molar-refractivity contribution in [1.29, 1.82) is 0 Å². The van der Waals surface area contributed by atoms with Crippen molar-refractivity contribution in [2.45, 2.75) is 219 Å². The van der Waals surface area contributed by atoms with Crippen LogP contribution in [0.15, 0.2) is 35.0 Å². The zero-order chi connectivity index (χ0) is 40.0. The van der Waals surface area contributed by atoms with Gasteiger partial charge in [-0.15, -0.1) is 68.0 Å². The van der Waals surface area contributed by atoms with Crippen molar-refractivity contribution >= 4 is 96.2 Å². The van der Waals surface area contributed by atoms with Crippen LogP contribution in [0.4, 0.5) is 0 Å². The van der Waals surface area contributed by atoms with Crippen molar-refractivity contribution < 1.29 is 0 Å². The minimum atomic E-state index is 1.23. The normalized spacial score (nSPS) is 12.1. The fourth-order valence-electron chi connectivity index (χ4n) is 9.02. The van der Waals surface area contributed by atoms with E-state index < -0.39 is 0 Å². The second-order valence-corrected chi connectivity index (χ2v) is 23.3. The molecule has 0 radical (unpaired) electrons. The summed E-state index contributed by atoms with van der Waals surface area (Å²) < 4.78 is 9.56. The Morgan fingerprint density at radius 2 is 0.586 bits per heavy atom. The number of hydrogen-bond donors (Lipinski definition) is 0. The van der Waals surface area contributed by atoms with Crippen molar-refractivity contribution in [3.8, 4) is 19.5 Å². The third-order valence-corrected chi connectivity index (χ3v) is 20.3. The topological polar surface area (TPSA) is 0 Å². The molecule has 0 saturated carbocycles. The summed E-state index contributed by atoms with van der Waals surface area (Å²) in [6, 6.07) is 9.22. The standard InChI is InChI=1S/C52H76S6/c1-3-5-7-9-11-13-15-17-19-21-23-25-27-29-31-35-41-45(43-37-33-39-53-43)55-49-47(41)57-52-50-48(58-51(49)52)42(46(56-50)44-38-34-40-54-44)36-32-30-28-26-24-22-20-18-16-14-12-10-8-6-4-2/h33-34,37-40H,3-32,35-36H2,1-2H3. The van der Waals surface area contributed by atoms with E-state index in [2.05, 4.69) is 94.2 Å². The highest BCUT2D eigenvalue weighted by Crippen LogP contribution is 2.56. The highest BCUT2D eigenvalue weighted by Gasteiger charge is 2.25. The molecular formula is C52H76S6. The van der Waals surface area contributed by atoms with Crippen LogP contribution in [-0.2, 0) is 12.8 Å². The molecule has 6 heterocycles. The Labute approximate surface area is 378 Å². The van der Waals surface area contributed by atoms with Gasteiger partial charge in [0.25, 0.3) is 0 Å². The lowest BCUT2D eigenvalue weighted by Gasteiger charge is -2.05. The molecule has 320 valence electrons.